The second-order valence-electron chi connectivity index (χ2n) is 39.5. The van der Waals surface area contributed by atoms with E-state index >= 15 is 0 Å². The van der Waals surface area contributed by atoms with Crippen molar-refractivity contribution in [2.24, 2.45) is 0 Å². The van der Waals surface area contributed by atoms with Crippen LogP contribution >= 0.6 is 22.7 Å². The van der Waals surface area contributed by atoms with Gasteiger partial charge in [0.05, 0.1) is 67.7 Å². The van der Waals surface area contributed by atoms with Gasteiger partial charge >= 0.3 is 0 Å². The molecular weight excluding hydrogens is 1790 g/mol. The van der Waals surface area contributed by atoms with Crippen LogP contribution in [0.2, 0.25) is 0 Å². The summed E-state index contributed by atoms with van der Waals surface area (Å²) < 4.78 is 32.6. The highest BCUT2D eigenvalue weighted by molar-refractivity contribution is 7.26. The molecule has 0 saturated carbocycles. The van der Waals surface area contributed by atoms with E-state index in [4.69, 9.17) is 18.9 Å². The van der Waals surface area contributed by atoms with Gasteiger partial charge < -0.3 is 38.5 Å². The molecule has 2 aliphatic carbocycles. The van der Waals surface area contributed by atoms with Gasteiger partial charge in [0.25, 0.3) is 0 Å². The van der Waals surface area contributed by atoms with Gasteiger partial charge in [-0.3, -0.25) is 0 Å². The average molecular weight is 1880 g/mol. The van der Waals surface area contributed by atoms with Crippen LogP contribution in [0.1, 0.15) is 95.2 Å². The smallest absolute Gasteiger partial charge is 0.152 e. The third kappa shape index (κ3) is 11.9. The van der Waals surface area contributed by atoms with E-state index in [0.29, 0.717) is 0 Å². The lowest BCUT2D eigenvalue weighted by atomic mass is 9.67. The van der Waals surface area contributed by atoms with Crippen LogP contribution in [0.15, 0.2) is 449 Å². The standard InChI is InChI=1S/C76H48N2O2.C58H40N2O2S2/c1-5-21-53(22-6-1)75(54-23-7-2-8-24-54)63-31-15-13-29-59(63)61-45-73-69(47-65(61)75)77(67-33-17-19-35-71(67)79-73)57-39-37-49-42-52-44-58(40-38-50(52)41-51(49)43-57)78-68-34-18-20-36-72(68)80-74-46-62-60-30-14-16-32-64(60)76(66(62)48-70(74)78,55-25-9-3-10-26-55)56-27-11-4-12-28-56;1-31(2)39-25-45(59-43-15-7-9-17-49(43)61-51-27-41-33-13-5-11-19-53(33)63-55(41)29-47(51)59)37-24-22-36-40(32(3)4)26-46(38-23-21-35(39)57(37)58(36)38)60-44-16-8-10-18-50(44)62-52-28-42-34-14-6-12-20-54(34)64-56(42)30-48(52)60/h1-48H;5-32H,1-4H3. The predicted molar refractivity (Wildman–Crippen MR) is 599 cm³/mol. The van der Waals surface area contributed by atoms with Crippen LogP contribution in [-0.2, 0) is 10.8 Å². The number of hydrogen-bond donors (Lipinski definition) is 0. The SMILES string of the molecule is CC(C)c1cc(N2c3ccccc3Oc3cc4c(cc32)sc2ccccc24)c2ccc3c(C(C)C)cc(N4c5ccccc5Oc5cc6c(cc54)sc4ccccc46)c4ccc1c2c34.c1ccc(C2(c3ccccc3)c3ccccc3-c3cc4c(cc32)N(c2ccc3cc5cc(N6c7ccccc7Oc7cc8c(cc76)C(c6ccccc6)(c6ccccc6)c6ccccc6-8)ccc5cc3c2)c2ccccc2O4)cc1. The minimum atomic E-state index is -0.556. The van der Waals surface area contributed by atoms with Crippen molar-refractivity contribution in [3.05, 3.63) is 505 Å². The van der Waals surface area contributed by atoms with Crippen LogP contribution in [0.25, 0.3) is 116 Å². The monoisotopic (exact) mass is 1880 g/mol. The van der Waals surface area contributed by atoms with E-state index in [0.717, 1.165) is 136 Å². The lowest BCUT2D eigenvalue weighted by Gasteiger charge is -2.37. The lowest BCUT2D eigenvalue weighted by molar-refractivity contribution is 0.476. The molecule has 0 atom stereocenters. The number of hydrogen-bond acceptors (Lipinski definition) is 10. The van der Waals surface area contributed by atoms with E-state index in [9.17, 15) is 0 Å². The van der Waals surface area contributed by atoms with Crippen molar-refractivity contribution >= 4 is 185 Å². The summed E-state index contributed by atoms with van der Waals surface area (Å²) in [6.07, 6.45) is 0. The Labute approximate surface area is 840 Å². The molecule has 23 aromatic carbocycles. The summed E-state index contributed by atoms with van der Waals surface area (Å²) in [6.45, 7) is 9.33. The zero-order chi connectivity index (χ0) is 95.1. The van der Waals surface area contributed by atoms with E-state index in [-0.39, 0.29) is 11.8 Å². The Balaban J connectivity index is 0.000000137. The maximum Gasteiger partial charge on any atom is 0.152 e. The van der Waals surface area contributed by atoms with Crippen molar-refractivity contribution in [2.75, 3.05) is 19.6 Å². The van der Waals surface area contributed by atoms with Crippen LogP contribution in [0.5, 0.6) is 46.0 Å². The van der Waals surface area contributed by atoms with Gasteiger partial charge in [0.2, 0.25) is 0 Å². The minimum absolute atomic E-state index is 0.273. The van der Waals surface area contributed by atoms with Crippen molar-refractivity contribution in [2.45, 2.75) is 50.4 Å². The first kappa shape index (κ1) is 82.4. The quantitative estimate of drug-likeness (QED) is 0.0992. The van der Waals surface area contributed by atoms with Crippen molar-refractivity contribution in [3.8, 4) is 68.2 Å². The molecule has 0 N–H and O–H groups in total. The summed E-state index contributed by atoms with van der Waals surface area (Å²) in [5.41, 5.74) is 28.9. The van der Waals surface area contributed by atoms with Gasteiger partial charge in [-0.1, -0.05) is 319 Å². The van der Waals surface area contributed by atoms with Crippen LogP contribution in [0, 0.1) is 0 Å². The van der Waals surface area contributed by atoms with Gasteiger partial charge in [0, 0.05) is 62.5 Å². The Hall–Kier alpha value is -17.5. The van der Waals surface area contributed by atoms with Crippen LogP contribution in [0.3, 0.4) is 0 Å². The first-order chi connectivity index (χ1) is 71.0. The molecular formula is C134H88N4O4S2. The number of anilines is 12. The number of thiophene rings is 2. The lowest BCUT2D eigenvalue weighted by Crippen LogP contribution is -2.29. The summed E-state index contributed by atoms with van der Waals surface area (Å²) in [6, 6.07) is 165. The highest BCUT2D eigenvalue weighted by atomic mass is 32.1. The number of para-hydroxylation sites is 8. The zero-order valence-electron chi connectivity index (χ0n) is 79.1. The van der Waals surface area contributed by atoms with E-state index in [1.807, 2.05) is 22.7 Å². The summed E-state index contributed by atoms with van der Waals surface area (Å²) in [7, 11) is 0. The molecule has 0 fully saturated rings. The Morgan fingerprint density at radius 2 is 0.514 bits per heavy atom. The third-order valence-corrected chi connectivity index (χ3v) is 33.5. The Kier molecular flexibility index (Phi) is 18.0. The Bertz CT molecular complexity index is 9100. The highest BCUT2D eigenvalue weighted by Gasteiger charge is 2.50. The topological polar surface area (TPSA) is 49.9 Å². The van der Waals surface area contributed by atoms with Crippen LogP contribution in [-0.4, -0.2) is 0 Å². The molecule has 0 spiro atoms. The second-order valence-corrected chi connectivity index (χ2v) is 41.7. The van der Waals surface area contributed by atoms with Gasteiger partial charge in [-0.2, -0.15) is 0 Å². The molecule has 0 bridgehead atoms. The maximum atomic E-state index is 6.93. The molecule has 0 saturated heterocycles. The minimum Gasteiger partial charge on any atom is -0.453 e. The highest BCUT2D eigenvalue weighted by Crippen LogP contribution is 2.67. The van der Waals surface area contributed by atoms with Crippen LogP contribution in [0.4, 0.5) is 68.2 Å². The zero-order valence-corrected chi connectivity index (χ0v) is 80.7. The Morgan fingerprint density at radius 3 is 0.896 bits per heavy atom. The van der Waals surface area contributed by atoms with Gasteiger partial charge in [-0.15, -0.1) is 22.7 Å². The second kappa shape index (κ2) is 31.5. The van der Waals surface area contributed by atoms with Gasteiger partial charge in [0.1, 0.15) is 0 Å². The molecule has 0 unspecified atom stereocenters. The third-order valence-electron chi connectivity index (χ3n) is 31.2. The molecule has 8 nitrogen and oxygen atoms in total. The number of benzene rings is 23. The molecule has 680 valence electrons. The van der Waals surface area contributed by atoms with E-state index in [1.165, 1.54) is 151 Å². The Morgan fingerprint density at radius 1 is 0.194 bits per heavy atom. The van der Waals surface area contributed by atoms with E-state index in [1.54, 1.807) is 0 Å². The molecule has 10 heteroatoms. The van der Waals surface area contributed by atoms with Crippen molar-refractivity contribution < 1.29 is 18.9 Å². The maximum absolute atomic E-state index is 6.93. The van der Waals surface area contributed by atoms with Gasteiger partial charge in [-0.05, 0) is 291 Å². The van der Waals surface area contributed by atoms with Gasteiger partial charge in [0.15, 0.2) is 46.0 Å². The van der Waals surface area contributed by atoms with E-state index in [2.05, 4.69) is 496 Å². The molecule has 0 radical (unpaired) electrons. The summed E-state index contributed by atoms with van der Waals surface area (Å²) in [5.74, 6) is 7.28. The molecule has 31 rings (SSSR count). The van der Waals surface area contributed by atoms with Gasteiger partial charge in [-0.25, -0.2) is 0 Å². The van der Waals surface area contributed by atoms with E-state index < -0.39 is 10.8 Å². The molecule has 25 aromatic rings. The normalized spacial score (nSPS) is 14.0. The summed E-state index contributed by atoms with van der Waals surface area (Å²) in [4.78, 5) is 9.75. The fourth-order valence-corrected chi connectivity index (χ4v) is 27.2. The largest absolute Gasteiger partial charge is 0.453 e. The number of rotatable bonds is 10. The average Bonchev–Trinajstić information content (AvgIpc) is 1.63. The predicted octanol–water partition coefficient (Wildman–Crippen LogP) is 38.6. The summed E-state index contributed by atoms with van der Waals surface area (Å²) in [5, 5.41) is 17.2. The summed E-state index contributed by atoms with van der Waals surface area (Å²) >= 11 is 3.69. The fraction of sp³-hybridized carbons (Fsp3) is 0.0597. The molecule has 4 aliphatic heterocycles. The molecule has 0 amide bonds. The van der Waals surface area contributed by atoms with Crippen LogP contribution < -0.4 is 38.5 Å². The molecule has 6 aliphatic rings. The first-order valence-corrected chi connectivity index (χ1v) is 51.4. The van der Waals surface area contributed by atoms with Crippen molar-refractivity contribution in [3.63, 3.8) is 0 Å². The molecule has 144 heavy (non-hydrogen) atoms. The van der Waals surface area contributed by atoms with Crippen molar-refractivity contribution in [1.82, 2.24) is 0 Å². The van der Waals surface area contributed by atoms with Crippen molar-refractivity contribution in [1.29, 1.82) is 0 Å². The number of nitrogens with zero attached hydrogens (tertiary/aromatic N) is 4. The molecule has 2 aromatic heterocycles. The fourth-order valence-electron chi connectivity index (χ4n) is 25.0. The molecule has 6 heterocycles. The number of fused-ring (bicyclic) bond motifs is 22. The first-order valence-electron chi connectivity index (χ1n) is 49.8. The number of ether oxygens (including phenoxy) is 4.